The van der Waals surface area contributed by atoms with Crippen LogP contribution >= 0.6 is 19.9 Å². The Balaban J connectivity index is 1.94. The van der Waals surface area contributed by atoms with E-state index in [-0.39, 0.29) is 37.0 Å². The molecule has 14 nitrogen and oxygen atoms in total. The molecule has 1 heterocycles. The molecule has 242 valence electrons. The van der Waals surface area contributed by atoms with Gasteiger partial charge in [0.05, 0.1) is 0 Å². The van der Waals surface area contributed by atoms with Crippen LogP contribution in [0, 0.1) is 10.8 Å². The van der Waals surface area contributed by atoms with Crippen LogP contribution in [0.2, 0.25) is 0 Å². The van der Waals surface area contributed by atoms with Gasteiger partial charge in [0.1, 0.15) is 0 Å². The number of methoxy groups -OCH3 is 1. The first-order valence-corrected chi connectivity index (χ1v) is 16.1. The van der Waals surface area contributed by atoms with Crippen LogP contribution in [0.5, 0.6) is 0 Å². The summed E-state index contributed by atoms with van der Waals surface area (Å²) >= 11 is 0.862. The normalized spacial score (nSPS) is 18.8. The maximum absolute atomic E-state index is 12.8. The van der Waals surface area contributed by atoms with Crippen LogP contribution in [-0.4, -0.2) is 78.9 Å². The van der Waals surface area contributed by atoms with Gasteiger partial charge in [-0.2, -0.15) is 0 Å². The van der Waals surface area contributed by atoms with E-state index < -0.39 is 61.9 Å². The number of hydrogen-bond acceptors (Lipinski definition) is 13. The van der Waals surface area contributed by atoms with E-state index in [1.165, 1.54) is 7.11 Å². The van der Waals surface area contributed by atoms with Crippen LogP contribution in [0.25, 0.3) is 0 Å². The number of rotatable bonds is 13. The molecule has 0 radical (unpaired) electrons. The third kappa shape index (κ3) is 12.4. The van der Waals surface area contributed by atoms with Crippen molar-refractivity contribution in [2.75, 3.05) is 32.8 Å². The van der Waals surface area contributed by atoms with Crippen LogP contribution in [0.4, 0.5) is 4.79 Å². The second-order valence-electron chi connectivity index (χ2n) is 11.2. The third-order valence-corrected chi connectivity index (χ3v) is 8.82. The van der Waals surface area contributed by atoms with E-state index in [0.29, 0.717) is 0 Å². The van der Waals surface area contributed by atoms with E-state index in [1.54, 1.807) is 58.9 Å². The topological polar surface area (TPSA) is 185 Å². The zero-order valence-corrected chi connectivity index (χ0v) is 26.9. The van der Waals surface area contributed by atoms with Crippen LogP contribution in [0.15, 0.2) is 30.3 Å². The molecule has 2 atom stereocenters. The molecule has 43 heavy (non-hydrogen) atoms. The standard InChI is InChI=1S/C27H41N2O12PS/c1-26(2,3)24(33)43-15-19(23(32)37-14-18-10-8-7-9-11-18)29-25(34)38-17-40-42(35)39-16-27(4,5)21(41-42)22(31)28-13-12-20(30)36-6/h7-11,19,21,35,42H,12-17H2,1-6H3,(H,28,31)(H,29,34)/t19-,21-/m0/s1. The predicted octanol–water partition coefficient (Wildman–Crippen LogP) is 2.63. The van der Waals surface area contributed by atoms with Gasteiger partial charge in [-0.15, -0.1) is 0 Å². The van der Waals surface area contributed by atoms with Crippen LogP contribution < -0.4 is 10.6 Å². The number of carbonyl (C=O) groups is 5. The molecule has 0 aromatic heterocycles. The summed E-state index contributed by atoms with van der Waals surface area (Å²) in [6.45, 7) is 7.51. The van der Waals surface area contributed by atoms with Gasteiger partial charge in [-0.1, -0.05) is 6.07 Å². The van der Waals surface area contributed by atoms with Gasteiger partial charge in [0.25, 0.3) is 0 Å². The molecule has 3 N–H and O–H groups in total. The Hall–Kier alpha value is -2.81. The van der Waals surface area contributed by atoms with Gasteiger partial charge in [-0.3, -0.25) is 0 Å². The molecule has 0 aliphatic carbocycles. The fraction of sp³-hybridized carbons (Fsp3) is 0.593. The summed E-state index contributed by atoms with van der Waals surface area (Å²) in [6.07, 6.45) is -2.36. The van der Waals surface area contributed by atoms with Gasteiger partial charge in [0.15, 0.2) is 0 Å². The molecule has 0 spiro atoms. The molecule has 0 saturated carbocycles. The van der Waals surface area contributed by atoms with Crippen molar-refractivity contribution in [3.8, 4) is 0 Å². The first-order valence-electron chi connectivity index (χ1n) is 13.4. The maximum atomic E-state index is 12.8. The number of hydrogen-bond donors (Lipinski definition) is 3. The molecule has 0 unspecified atom stereocenters. The number of ether oxygens (including phenoxy) is 3. The number of nitrogens with one attached hydrogen (secondary N) is 2. The van der Waals surface area contributed by atoms with Gasteiger partial charge >= 0.3 is 250 Å². The molecule has 1 aliphatic heterocycles. The second kappa shape index (κ2) is 16.3. The number of alkyl carbamates (subject to hydrolysis) is 1. The first kappa shape index (κ1) is 36.4. The minimum atomic E-state index is -4.45. The Kier molecular flexibility index (Phi) is 13.8. The number of thioether (sulfide) groups is 1. The van der Waals surface area contributed by atoms with Gasteiger partial charge in [0, 0.05) is 0 Å². The summed E-state index contributed by atoms with van der Waals surface area (Å²) in [5.41, 5.74) is -0.818. The van der Waals surface area contributed by atoms with Crippen molar-refractivity contribution in [3.63, 3.8) is 0 Å². The van der Waals surface area contributed by atoms with Crippen molar-refractivity contribution < 1.29 is 56.6 Å². The zero-order chi connectivity index (χ0) is 32.3. The molecule has 16 heteroatoms. The van der Waals surface area contributed by atoms with Crippen molar-refractivity contribution >= 4 is 49.0 Å². The predicted molar refractivity (Wildman–Crippen MR) is 157 cm³/mol. The van der Waals surface area contributed by atoms with Crippen molar-refractivity contribution in [2.45, 2.75) is 59.8 Å². The molecule has 2 amide bonds. The second-order valence-corrected chi connectivity index (χ2v) is 14.1. The molecule has 1 aromatic rings. The Morgan fingerprint density at radius 3 is 2.44 bits per heavy atom. The van der Waals surface area contributed by atoms with Crippen molar-refractivity contribution in [2.24, 2.45) is 10.8 Å². The molecule has 1 saturated heterocycles. The van der Waals surface area contributed by atoms with Gasteiger partial charge in [-0.05, 0) is 0 Å². The Morgan fingerprint density at radius 1 is 1.14 bits per heavy atom. The summed E-state index contributed by atoms with van der Waals surface area (Å²) in [7, 11) is -3.22. The summed E-state index contributed by atoms with van der Waals surface area (Å²) in [5.74, 6) is -2.02. The quantitative estimate of drug-likeness (QED) is 0.123. The first-order chi connectivity index (χ1) is 20.1. The number of esters is 2. The summed E-state index contributed by atoms with van der Waals surface area (Å²) < 4.78 is 30.9. The molecule has 2 rings (SSSR count). The molecular weight excluding hydrogens is 607 g/mol. The van der Waals surface area contributed by atoms with Crippen LogP contribution in [-0.2, 0) is 53.6 Å². The van der Waals surface area contributed by atoms with E-state index in [2.05, 4.69) is 15.4 Å². The number of amides is 2. The average Bonchev–Trinajstić information content (AvgIpc) is 2.95. The van der Waals surface area contributed by atoms with Crippen LogP contribution in [0.3, 0.4) is 0 Å². The Bertz CT molecular complexity index is 1130. The molecule has 0 bridgehead atoms. The van der Waals surface area contributed by atoms with E-state index in [0.717, 1.165) is 17.3 Å². The molecular formula is C27H41N2O12PS. The van der Waals surface area contributed by atoms with Gasteiger partial charge in [0.2, 0.25) is 0 Å². The molecule has 1 aliphatic rings. The Labute approximate surface area is 255 Å². The average molecular weight is 649 g/mol. The minimum absolute atomic E-state index is 0.0129. The van der Waals surface area contributed by atoms with Crippen molar-refractivity contribution in [1.82, 2.24) is 10.6 Å². The Morgan fingerprint density at radius 2 is 1.81 bits per heavy atom. The van der Waals surface area contributed by atoms with E-state index in [9.17, 15) is 28.9 Å². The van der Waals surface area contributed by atoms with E-state index >= 15 is 0 Å². The third-order valence-electron chi connectivity index (χ3n) is 5.92. The number of benzene rings is 1. The van der Waals surface area contributed by atoms with Crippen molar-refractivity contribution in [3.05, 3.63) is 35.9 Å². The monoisotopic (exact) mass is 648 g/mol. The molecule has 1 fully saturated rings. The molecule has 1 aromatic carbocycles. The summed E-state index contributed by atoms with van der Waals surface area (Å²) in [5, 5.41) is 4.69. The fourth-order valence-electron chi connectivity index (χ4n) is 3.38. The van der Waals surface area contributed by atoms with Crippen molar-refractivity contribution in [1.29, 1.82) is 0 Å². The van der Waals surface area contributed by atoms with Crippen LogP contribution in [0.1, 0.15) is 46.6 Å². The van der Waals surface area contributed by atoms with Gasteiger partial charge in [-0.25, -0.2) is 0 Å². The SMILES string of the molecule is COC(=O)CCNC(=O)[C@@H]1O[PH](O)(OCOC(=O)N[C@@H](CSC(=O)C(C)(C)C)C(=O)OCc2ccccc2)OCC1(C)C. The summed E-state index contributed by atoms with van der Waals surface area (Å²) in [6, 6.07) is 7.67. The van der Waals surface area contributed by atoms with E-state index in [1.807, 2.05) is 6.07 Å². The summed E-state index contributed by atoms with van der Waals surface area (Å²) in [4.78, 5) is 72.5. The van der Waals surface area contributed by atoms with E-state index in [4.69, 9.17) is 23.0 Å². The zero-order valence-electron chi connectivity index (χ0n) is 25.1. The van der Waals surface area contributed by atoms with Gasteiger partial charge < -0.3 is 0 Å². The number of carbonyl (C=O) groups excluding carboxylic acids is 5. The fourth-order valence-corrected chi connectivity index (χ4v) is 6.05.